The molecular weight excluding hydrogens is 586 g/mol. The van der Waals surface area contributed by atoms with Gasteiger partial charge < -0.3 is 24.8 Å². The monoisotopic (exact) mass is 609 g/mol. The van der Waals surface area contributed by atoms with Crippen molar-refractivity contribution in [1.82, 2.24) is 19.5 Å². The van der Waals surface area contributed by atoms with Gasteiger partial charge in [0.25, 0.3) is 5.91 Å². The van der Waals surface area contributed by atoms with E-state index in [1.54, 1.807) is 5.32 Å². The number of nitrogens with one attached hydrogen (secondary N) is 3. The van der Waals surface area contributed by atoms with E-state index in [-0.39, 0.29) is 59.6 Å². The summed E-state index contributed by atoms with van der Waals surface area (Å²) in [5.41, 5.74) is -1.21. The highest BCUT2D eigenvalue weighted by atomic mass is 35.5. The lowest BCUT2D eigenvalue weighted by Crippen LogP contribution is -2.60. The zero-order chi connectivity index (χ0) is 29.6. The second-order valence-corrected chi connectivity index (χ2v) is 11.6. The van der Waals surface area contributed by atoms with E-state index in [0.29, 0.717) is 6.92 Å². The summed E-state index contributed by atoms with van der Waals surface area (Å²) in [7, 11) is -2.81. The maximum Gasteiger partial charge on any atom is 0.408 e. The van der Waals surface area contributed by atoms with Crippen LogP contribution in [0.3, 0.4) is 0 Å². The van der Waals surface area contributed by atoms with Gasteiger partial charge in [0, 0.05) is 32.0 Å². The van der Waals surface area contributed by atoms with Crippen LogP contribution in [0.25, 0.3) is 0 Å². The van der Waals surface area contributed by atoms with Crippen molar-refractivity contribution in [2.45, 2.75) is 42.4 Å². The predicted molar refractivity (Wildman–Crippen MR) is 133 cm³/mol. The summed E-state index contributed by atoms with van der Waals surface area (Å²) in [6.45, 7) is 0.171. The molecule has 1 atom stereocenters. The highest BCUT2D eigenvalue weighted by molar-refractivity contribution is 7.89. The molecule has 3 N–H and O–H groups in total. The normalized spacial score (nSPS) is 18.7. The number of aromatic nitrogens is 1. The Bertz CT molecular complexity index is 1470. The molecule has 0 radical (unpaired) electrons. The van der Waals surface area contributed by atoms with Crippen LogP contribution in [0.5, 0.6) is 5.75 Å². The molecule has 0 bridgehead atoms. The number of sulfonamides is 1. The quantitative estimate of drug-likeness (QED) is 0.360. The fourth-order valence-corrected chi connectivity index (χ4v) is 6.20. The van der Waals surface area contributed by atoms with Gasteiger partial charge in [0.05, 0.1) is 10.6 Å². The number of benzene rings is 1. The van der Waals surface area contributed by atoms with Crippen LogP contribution in [0.4, 0.5) is 23.2 Å². The van der Waals surface area contributed by atoms with E-state index < -0.39 is 51.3 Å². The Morgan fingerprint density at radius 1 is 1.20 bits per heavy atom. The Kier molecular flexibility index (Phi) is 7.81. The lowest BCUT2D eigenvalue weighted by Gasteiger charge is -2.40. The fourth-order valence-electron chi connectivity index (χ4n) is 4.38. The van der Waals surface area contributed by atoms with Gasteiger partial charge in [0.2, 0.25) is 10.0 Å². The van der Waals surface area contributed by atoms with E-state index in [4.69, 9.17) is 16.3 Å². The number of halogens is 5. The van der Waals surface area contributed by atoms with Crippen molar-refractivity contribution in [3.63, 3.8) is 0 Å². The number of ether oxygens (including phenoxy) is 1. The number of alkyl halides is 3. The third-order valence-corrected chi connectivity index (χ3v) is 8.53. The second-order valence-electron chi connectivity index (χ2n) is 9.57. The van der Waals surface area contributed by atoms with E-state index in [0.717, 1.165) is 11.0 Å². The molecule has 1 fully saturated rings. The number of nitrogens with zero attached hydrogens (tertiary/aromatic N) is 2. The molecule has 11 nitrogen and oxygen atoms in total. The first-order valence-corrected chi connectivity index (χ1v) is 13.7. The number of rotatable bonds is 3. The summed E-state index contributed by atoms with van der Waals surface area (Å²) in [5.74, 6) is -4.27. The van der Waals surface area contributed by atoms with Crippen molar-refractivity contribution in [1.29, 1.82) is 0 Å². The molecule has 1 saturated heterocycles. The fraction of sp³-hybridized carbons (Fsp3) is 0.435. The average Bonchev–Trinajstić information content (AvgIpc) is 3.16. The number of carbonyl (C=O) groups excluding carboxylic acids is 3. The molecule has 0 unspecified atom stereocenters. The minimum atomic E-state index is -4.73. The Balaban J connectivity index is 1.49. The smallest absolute Gasteiger partial charge is 0.408 e. The molecule has 0 saturated carbocycles. The van der Waals surface area contributed by atoms with Crippen LogP contribution in [0.2, 0.25) is 5.02 Å². The molecular formula is C23H24ClF4N5O6S. The van der Waals surface area contributed by atoms with Crippen LogP contribution < -0.4 is 20.1 Å². The number of anilines is 1. The third-order valence-electron chi connectivity index (χ3n) is 6.67. The first-order valence-electron chi connectivity index (χ1n) is 11.8. The van der Waals surface area contributed by atoms with Gasteiger partial charge in [-0.3, -0.25) is 14.4 Å². The molecule has 3 heterocycles. The summed E-state index contributed by atoms with van der Waals surface area (Å²) < 4.78 is 87.9. The van der Waals surface area contributed by atoms with E-state index in [1.807, 2.05) is 0 Å². The van der Waals surface area contributed by atoms with Crippen LogP contribution in [-0.2, 0) is 26.7 Å². The number of hydrogen-bond donors (Lipinski definition) is 3. The highest BCUT2D eigenvalue weighted by Gasteiger charge is 2.46. The molecule has 40 heavy (non-hydrogen) atoms. The number of carbonyl (C=O) groups is 3. The first-order chi connectivity index (χ1) is 18.5. The Morgan fingerprint density at radius 2 is 1.85 bits per heavy atom. The van der Waals surface area contributed by atoms with Crippen molar-refractivity contribution in [3.05, 3.63) is 40.9 Å². The van der Waals surface area contributed by atoms with E-state index in [2.05, 4.69) is 10.0 Å². The molecule has 2 aliphatic heterocycles. The summed E-state index contributed by atoms with van der Waals surface area (Å²) in [5, 5.41) is 3.89. The molecule has 0 aliphatic carbocycles. The number of amides is 3. The van der Waals surface area contributed by atoms with Crippen LogP contribution in [0.15, 0.2) is 29.3 Å². The van der Waals surface area contributed by atoms with Gasteiger partial charge in [-0.25, -0.2) is 17.5 Å². The lowest BCUT2D eigenvalue weighted by atomic mass is 9.89. The van der Waals surface area contributed by atoms with Crippen LogP contribution in [0, 0.1) is 5.82 Å². The zero-order valence-corrected chi connectivity index (χ0v) is 22.6. The molecule has 2 aliphatic rings. The lowest BCUT2D eigenvalue weighted by molar-refractivity contribution is -0.162. The standard InChI is InChI=1S/C23H24ClF4N5O6S/c1-12(23(26,27)28)29-20(35)21(36)33-7-5-22(6-8-33)11-39-18-16(40(37,38)31-22)10-32(2)17(18)19(34)30-13-3-4-15(25)14(24)9-13/h3-4,9-10,12,31H,5-8,11H2,1-2H3,(H,29,35)(H,30,34)/t12-/m1/s1. The van der Waals surface area contributed by atoms with E-state index >= 15 is 0 Å². The maximum absolute atomic E-state index is 13.5. The second kappa shape index (κ2) is 10.6. The van der Waals surface area contributed by atoms with Crippen molar-refractivity contribution in [2.24, 2.45) is 7.05 Å². The van der Waals surface area contributed by atoms with Gasteiger partial charge in [-0.2, -0.15) is 13.2 Å². The summed E-state index contributed by atoms with van der Waals surface area (Å²) in [4.78, 5) is 38.2. The summed E-state index contributed by atoms with van der Waals surface area (Å²) >= 11 is 5.76. The van der Waals surface area contributed by atoms with Gasteiger partial charge in [0.1, 0.15) is 23.4 Å². The van der Waals surface area contributed by atoms with Crippen LogP contribution in [0.1, 0.15) is 30.3 Å². The van der Waals surface area contributed by atoms with Crippen molar-refractivity contribution in [2.75, 3.05) is 25.0 Å². The van der Waals surface area contributed by atoms with E-state index in [1.165, 1.54) is 29.9 Å². The van der Waals surface area contributed by atoms with Gasteiger partial charge in [-0.1, -0.05) is 11.6 Å². The molecule has 218 valence electrons. The minimum absolute atomic E-state index is 0.0217. The number of aryl methyl sites for hydroxylation is 1. The Morgan fingerprint density at radius 3 is 2.45 bits per heavy atom. The summed E-state index contributed by atoms with van der Waals surface area (Å²) in [6, 6.07) is 1.28. The molecule has 1 aromatic heterocycles. The largest absolute Gasteiger partial charge is 0.488 e. The van der Waals surface area contributed by atoms with Gasteiger partial charge in [-0.15, -0.1) is 0 Å². The van der Waals surface area contributed by atoms with E-state index in [9.17, 15) is 40.4 Å². The molecule has 4 rings (SSSR count). The summed E-state index contributed by atoms with van der Waals surface area (Å²) in [6.07, 6.45) is -3.58. The molecule has 17 heteroatoms. The first kappa shape index (κ1) is 29.6. The van der Waals surface area contributed by atoms with Crippen molar-refractivity contribution >= 4 is 45.0 Å². The van der Waals surface area contributed by atoms with Gasteiger partial charge in [0.15, 0.2) is 11.4 Å². The molecule has 3 amide bonds. The molecule has 1 spiro atoms. The number of fused-ring (bicyclic) bond motifs is 1. The average molecular weight is 610 g/mol. The molecule has 2 aromatic rings. The Hall–Kier alpha value is -3.37. The molecule has 1 aromatic carbocycles. The Labute approximate surface area is 230 Å². The maximum atomic E-state index is 13.5. The van der Waals surface area contributed by atoms with Crippen molar-refractivity contribution in [3.8, 4) is 5.75 Å². The zero-order valence-electron chi connectivity index (χ0n) is 21.1. The number of likely N-dealkylation sites (tertiary alicyclic amines) is 1. The van der Waals surface area contributed by atoms with Crippen LogP contribution in [-0.4, -0.2) is 73.1 Å². The van der Waals surface area contributed by atoms with Gasteiger partial charge >= 0.3 is 18.0 Å². The van der Waals surface area contributed by atoms with Gasteiger partial charge in [-0.05, 0) is 38.0 Å². The topological polar surface area (TPSA) is 139 Å². The van der Waals surface area contributed by atoms with Crippen LogP contribution >= 0.6 is 11.6 Å². The third kappa shape index (κ3) is 5.88. The SMILES string of the molecule is C[C@@H](NC(=O)C(=O)N1CCC2(CC1)COc1c(cn(C)c1C(=O)Nc1ccc(F)c(Cl)c1)S(=O)(=O)N2)C(F)(F)F. The number of piperidine rings is 1. The number of hydrogen-bond acceptors (Lipinski definition) is 6. The predicted octanol–water partition coefficient (Wildman–Crippen LogP) is 2.17. The van der Waals surface area contributed by atoms with Crippen molar-refractivity contribution < 1.29 is 45.1 Å². The minimum Gasteiger partial charge on any atom is -0.488 e. The highest BCUT2D eigenvalue weighted by Crippen LogP contribution is 2.37.